The maximum atomic E-state index is 13.6. The van der Waals surface area contributed by atoms with E-state index in [1.807, 2.05) is 48.8 Å². The summed E-state index contributed by atoms with van der Waals surface area (Å²) in [5, 5.41) is 3.34. The molecule has 0 bridgehead atoms. The number of aliphatic imine (C=N–C) groups is 1. The molecule has 2 amide bonds. The molecular formula is C32H38N8O5. The van der Waals surface area contributed by atoms with E-state index in [0.717, 1.165) is 17.0 Å². The van der Waals surface area contributed by atoms with Crippen LogP contribution in [-0.2, 0) is 27.9 Å². The number of carbonyl (C=O) groups is 3. The maximum Gasteiger partial charge on any atom is 0.435 e. The fourth-order valence-electron chi connectivity index (χ4n) is 4.42. The second-order valence-electron chi connectivity index (χ2n) is 10.3. The first-order valence-electron chi connectivity index (χ1n) is 14.5. The van der Waals surface area contributed by atoms with E-state index in [1.165, 1.54) is 4.90 Å². The number of nitrogens with zero attached hydrogens (tertiary/aromatic N) is 6. The zero-order valence-electron chi connectivity index (χ0n) is 25.9. The highest BCUT2D eigenvalue weighted by Gasteiger charge is 2.21. The van der Waals surface area contributed by atoms with Crippen molar-refractivity contribution in [1.82, 2.24) is 19.4 Å². The minimum Gasteiger partial charge on any atom is -0.466 e. The number of aryl methyl sites for hydroxylation is 1. The highest BCUT2D eigenvalue weighted by Crippen LogP contribution is 2.21. The number of nitrogens with one attached hydrogen (secondary N) is 1. The second-order valence-corrected chi connectivity index (χ2v) is 10.3. The maximum absolute atomic E-state index is 13.6. The van der Waals surface area contributed by atoms with Crippen LogP contribution < -0.4 is 16.0 Å². The molecule has 0 atom stereocenters. The highest BCUT2D eigenvalue weighted by atomic mass is 16.5. The Morgan fingerprint density at radius 2 is 1.76 bits per heavy atom. The van der Waals surface area contributed by atoms with Crippen molar-refractivity contribution < 1.29 is 23.9 Å². The minimum atomic E-state index is -0.732. The van der Waals surface area contributed by atoms with Crippen molar-refractivity contribution in [2.75, 3.05) is 50.6 Å². The molecule has 0 radical (unpaired) electrons. The molecule has 0 fully saturated rings. The summed E-state index contributed by atoms with van der Waals surface area (Å²) in [5.41, 5.74) is 9.33. The third-order valence-corrected chi connectivity index (χ3v) is 6.84. The number of amidine groups is 1. The van der Waals surface area contributed by atoms with E-state index in [2.05, 4.69) is 15.3 Å². The number of fused-ring (bicyclic) bond motifs is 1. The van der Waals surface area contributed by atoms with Gasteiger partial charge < -0.3 is 30.0 Å². The lowest BCUT2D eigenvalue weighted by molar-refractivity contribution is -0.142. The Morgan fingerprint density at radius 1 is 1.00 bits per heavy atom. The molecule has 0 saturated carbocycles. The summed E-state index contributed by atoms with van der Waals surface area (Å²) in [5.74, 6) is 0.584. The topological polar surface area (TPSA) is 157 Å². The van der Waals surface area contributed by atoms with Crippen LogP contribution in [0.2, 0.25) is 0 Å². The molecule has 0 saturated heterocycles. The summed E-state index contributed by atoms with van der Waals surface area (Å²) >= 11 is 0. The summed E-state index contributed by atoms with van der Waals surface area (Å²) in [6, 6.07) is 17.8. The van der Waals surface area contributed by atoms with Crippen molar-refractivity contribution in [3.05, 3.63) is 83.8 Å². The van der Waals surface area contributed by atoms with Crippen LogP contribution in [0, 0.1) is 0 Å². The van der Waals surface area contributed by atoms with E-state index in [0.29, 0.717) is 35.6 Å². The zero-order valence-corrected chi connectivity index (χ0v) is 25.9. The van der Waals surface area contributed by atoms with Gasteiger partial charge in [0.05, 0.1) is 30.6 Å². The van der Waals surface area contributed by atoms with Crippen LogP contribution in [0.4, 0.5) is 16.3 Å². The number of rotatable bonds is 13. The van der Waals surface area contributed by atoms with E-state index >= 15 is 0 Å². The number of aromatic nitrogens is 3. The molecule has 2 aromatic carbocycles. The third kappa shape index (κ3) is 8.86. The molecule has 4 aromatic rings. The first-order valence-corrected chi connectivity index (χ1v) is 14.5. The van der Waals surface area contributed by atoms with Crippen molar-refractivity contribution in [1.29, 1.82) is 0 Å². The highest BCUT2D eigenvalue weighted by molar-refractivity contribution is 6.07. The summed E-state index contributed by atoms with van der Waals surface area (Å²) in [7, 11) is 5.67. The molecule has 45 heavy (non-hydrogen) atoms. The molecule has 13 nitrogen and oxygen atoms in total. The zero-order chi connectivity index (χ0) is 32.3. The predicted octanol–water partition coefficient (Wildman–Crippen LogP) is 3.58. The average Bonchev–Trinajstić information content (AvgIpc) is 3.35. The van der Waals surface area contributed by atoms with Crippen molar-refractivity contribution in [2.45, 2.75) is 19.9 Å². The summed E-state index contributed by atoms with van der Waals surface area (Å²) in [6.07, 6.45) is 0.910. The van der Waals surface area contributed by atoms with Gasteiger partial charge in [-0.1, -0.05) is 6.07 Å². The molecule has 4 rings (SSSR count). The van der Waals surface area contributed by atoms with Gasteiger partial charge in [0.15, 0.2) is 0 Å². The van der Waals surface area contributed by atoms with E-state index in [9.17, 15) is 14.4 Å². The van der Waals surface area contributed by atoms with Crippen LogP contribution in [0.5, 0.6) is 0 Å². The number of hydrogen-bond acceptors (Lipinski definition) is 9. The van der Waals surface area contributed by atoms with Gasteiger partial charge in [-0.25, -0.2) is 14.8 Å². The standard InChI is InChI=1S/C32H38N8O5/c1-5-44-29(41)15-17-40(27-8-6-7-16-34-27)31(42)23-11-14-26-25(20-23)36-28(39(26)4)21-35-24-12-9-22(10-13-24)30(33)37-32(43)45-19-18-38(2)3/h6-14,16,20,35H,5,15,17-19,21H2,1-4H3,(H2,33,37,43). The predicted molar refractivity (Wildman–Crippen MR) is 172 cm³/mol. The van der Waals surface area contributed by atoms with Gasteiger partial charge in [0.1, 0.15) is 24.1 Å². The van der Waals surface area contributed by atoms with E-state index in [-0.39, 0.29) is 43.9 Å². The molecule has 2 heterocycles. The van der Waals surface area contributed by atoms with Gasteiger partial charge in [-0.2, -0.15) is 4.99 Å². The van der Waals surface area contributed by atoms with Crippen LogP contribution in [0.25, 0.3) is 11.0 Å². The number of anilines is 2. The largest absolute Gasteiger partial charge is 0.466 e. The molecule has 0 aliphatic heterocycles. The fraction of sp³-hybridized carbons (Fsp3) is 0.312. The molecule has 0 aliphatic rings. The van der Waals surface area contributed by atoms with Crippen LogP contribution in [0.3, 0.4) is 0 Å². The van der Waals surface area contributed by atoms with Gasteiger partial charge in [0.25, 0.3) is 5.91 Å². The molecule has 0 aliphatic carbocycles. The third-order valence-electron chi connectivity index (χ3n) is 6.84. The molecule has 0 unspecified atom stereocenters. The minimum absolute atomic E-state index is 0.0434. The van der Waals surface area contributed by atoms with Gasteiger partial charge >= 0.3 is 12.1 Å². The van der Waals surface area contributed by atoms with Crippen LogP contribution >= 0.6 is 0 Å². The van der Waals surface area contributed by atoms with Crippen molar-refractivity contribution >= 4 is 46.3 Å². The van der Waals surface area contributed by atoms with E-state index in [4.69, 9.17) is 20.2 Å². The van der Waals surface area contributed by atoms with Gasteiger partial charge in [-0.15, -0.1) is 0 Å². The Balaban J connectivity index is 1.43. The lowest BCUT2D eigenvalue weighted by Gasteiger charge is -2.21. The molecular weight excluding hydrogens is 576 g/mol. The summed E-state index contributed by atoms with van der Waals surface area (Å²) in [4.78, 5) is 53.8. The van der Waals surface area contributed by atoms with E-state index in [1.54, 1.807) is 55.6 Å². The van der Waals surface area contributed by atoms with Crippen LogP contribution in [-0.4, -0.2) is 83.6 Å². The van der Waals surface area contributed by atoms with Crippen molar-refractivity contribution in [3.8, 4) is 0 Å². The number of benzene rings is 2. The normalized spacial score (nSPS) is 11.4. The first kappa shape index (κ1) is 32.6. The number of nitrogens with two attached hydrogens (primary N) is 1. The number of carbonyl (C=O) groups excluding carboxylic acids is 3. The number of ether oxygens (including phenoxy) is 2. The van der Waals surface area contributed by atoms with Crippen LogP contribution in [0.1, 0.15) is 35.1 Å². The lowest BCUT2D eigenvalue weighted by atomic mass is 10.1. The van der Waals surface area contributed by atoms with Gasteiger partial charge in [-0.05, 0) is 75.6 Å². The van der Waals surface area contributed by atoms with Gasteiger partial charge in [0, 0.05) is 43.1 Å². The second kappa shape index (κ2) is 15.4. The fourth-order valence-corrected chi connectivity index (χ4v) is 4.42. The van der Waals surface area contributed by atoms with E-state index < -0.39 is 6.09 Å². The Kier molecular flexibility index (Phi) is 11.2. The smallest absolute Gasteiger partial charge is 0.435 e. The molecule has 236 valence electrons. The lowest BCUT2D eigenvalue weighted by Crippen LogP contribution is -2.34. The Hall–Kier alpha value is -5.30. The Morgan fingerprint density at radius 3 is 2.44 bits per heavy atom. The molecule has 0 spiro atoms. The quantitative estimate of drug-likeness (QED) is 0.130. The first-order chi connectivity index (χ1) is 21.7. The van der Waals surface area contributed by atoms with Crippen molar-refractivity contribution in [3.63, 3.8) is 0 Å². The number of likely N-dealkylation sites (N-methyl/N-ethyl adjacent to an activating group) is 1. The number of hydrogen-bond donors (Lipinski definition) is 2. The summed E-state index contributed by atoms with van der Waals surface area (Å²) in [6.45, 7) is 3.37. The molecule has 13 heteroatoms. The number of imidazole rings is 1. The Bertz CT molecular complexity index is 1650. The van der Waals surface area contributed by atoms with Crippen LogP contribution in [0.15, 0.2) is 71.9 Å². The van der Waals surface area contributed by atoms with Gasteiger partial charge in [-0.3, -0.25) is 14.5 Å². The molecule has 2 aromatic heterocycles. The average molecular weight is 615 g/mol. The monoisotopic (exact) mass is 614 g/mol. The van der Waals surface area contributed by atoms with Crippen molar-refractivity contribution in [2.24, 2.45) is 17.8 Å². The SMILES string of the molecule is CCOC(=O)CCN(C(=O)c1ccc2c(c1)nc(CNc1ccc(/C(N)=N/C(=O)OCCN(C)C)cc1)n2C)c1ccccn1. The number of esters is 1. The number of amides is 2. The molecule has 3 N–H and O–H groups in total. The Labute approximate surface area is 261 Å². The van der Waals surface area contributed by atoms with Gasteiger partial charge in [0.2, 0.25) is 0 Å². The number of pyridine rings is 1. The summed E-state index contributed by atoms with van der Waals surface area (Å²) < 4.78 is 12.1.